The van der Waals surface area contributed by atoms with Gasteiger partial charge >= 0.3 is 5.97 Å². The van der Waals surface area contributed by atoms with Crippen molar-refractivity contribution in [3.05, 3.63) is 58.6 Å². The third-order valence-electron chi connectivity index (χ3n) is 4.78. The molecule has 0 radical (unpaired) electrons. The molecule has 1 aliphatic rings. The number of amides is 2. The summed E-state index contributed by atoms with van der Waals surface area (Å²) < 4.78 is 5.11. The van der Waals surface area contributed by atoms with E-state index in [1.54, 1.807) is 29.2 Å². The van der Waals surface area contributed by atoms with E-state index in [9.17, 15) is 14.4 Å². The largest absolute Gasteiger partial charge is 0.455 e. The van der Waals surface area contributed by atoms with Crippen molar-refractivity contribution in [2.45, 2.75) is 20.3 Å². The Morgan fingerprint density at radius 2 is 1.96 bits per heavy atom. The minimum Gasteiger partial charge on any atom is -0.455 e. The molecule has 0 unspecified atom stereocenters. The summed E-state index contributed by atoms with van der Waals surface area (Å²) in [5.41, 5.74) is 3.41. The second-order valence-electron chi connectivity index (χ2n) is 6.79. The molecular formula is C21H21ClN2O4. The van der Waals surface area contributed by atoms with Crippen LogP contribution in [0.2, 0.25) is 5.02 Å². The highest BCUT2D eigenvalue weighted by atomic mass is 35.5. The molecular weight excluding hydrogens is 380 g/mol. The van der Waals surface area contributed by atoms with Gasteiger partial charge in [-0.2, -0.15) is 0 Å². The van der Waals surface area contributed by atoms with Crippen LogP contribution in [0.15, 0.2) is 42.5 Å². The quantitative estimate of drug-likeness (QED) is 0.779. The Balaban J connectivity index is 1.56. The summed E-state index contributed by atoms with van der Waals surface area (Å²) in [7, 11) is 0. The molecule has 1 heterocycles. The van der Waals surface area contributed by atoms with Gasteiger partial charge in [0.15, 0.2) is 6.61 Å². The molecule has 1 N–H and O–H groups in total. The van der Waals surface area contributed by atoms with Crippen molar-refractivity contribution in [1.29, 1.82) is 0 Å². The van der Waals surface area contributed by atoms with Crippen LogP contribution in [0.4, 0.5) is 11.4 Å². The highest BCUT2D eigenvalue weighted by molar-refractivity contribution is 6.30. The van der Waals surface area contributed by atoms with Crippen LogP contribution in [0.5, 0.6) is 0 Å². The smallest absolute Gasteiger partial charge is 0.311 e. The lowest BCUT2D eigenvalue weighted by Crippen LogP contribution is -2.28. The summed E-state index contributed by atoms with van der Waals surface area (Å²) in [5.74, 6) is -1.74. The third-order valence-corrected chi connectivity index (χ3v) is 5.01. The van der Waals surface area contributed by atoms with E-state index in [0.717, 1.165) is 16.8 Å². The molecule has 0 aliphatic carbocycles. The van der Waals surface area contributed by atoms with Crippen LogP contribution < -0.4 is 10.2 Å². The van der Waals surface area contributed by atoms with Crippen molar-refractivity contribution < 1.29 is 19.1 Å². The summed E-state index contributed by atoms with van der Waals surface area (Å²) in [6.07, 6.45) is 0.0716. The topological polar surface area (TPSA) is 75.7 Å². The molecule has 2 aromatic rings. The number of nitrogens with one attached hydrogen (secondary N) is 1. The van der Waals surface area contributed by atoms with Gasteiger partial charge in [0.25, 0.3) is 5.91 Å². The van der Waals surface area contributed by atoms with Gasteiger partial charge in [0, 0.05) is 29.4 Å². The predicted molar refractivity (Wildman–Crippen MR) is 107 cm³/mol. The average molecular weight is 401 g/mol. The normalized spacial score (nSPS) is 16.2. The van der Waals surface area contributed by atoms with Crippen LogP contribution >= 0.6 is 11.6 Å². The van der Waals surface area contributed by atoms with Gasteiger partial charge in [-0.25, -0.2) is 0 Å². The molecule has 3 rings (SSSR count). The summed E-state index contributed by atoms with van der Waals surface area (Å²) in [6, 6.07) is 12.4. The minimum atomic E-state index is -0.591. The van der Waals surface area contributed by atoms with Gasteiger partial charge in [-0.05, 0) is 49.2 Å². The molecule has 2 amide bonds. The number of hydrogen-bond acceptors (Lipinski definition) is 4. The maximum atomic E-state index is 12.4. The average Bonchev–Trinajstić information content (AvgIpc) is 3.04. The Morgan fingerprint density at radius 3 is 2.71 bits per heavy atom. The molecule has 0 saturated carbocycles. The fraction of sp³-hybridized carbons (Fsp3) is 0.286. The van der Waals surface area contributed by atoms with Gasteiger partial charge in [0.1, 0.15) is 0 Å². The van der Waals surface area contributed by atoms with Crippen molar-refractivity contribution in [2.24, 2.45) is 5.92 Å². The van der Waals surface area contributed by atoms with E-state index in [1.165, 1.54) is 0 Å². The molecule has 28 heavy (non-hydrogen) atoms. The summed E-state index contributed by atoms with van der Waals surface area (Å²) in [6.45, 7) is 3.75. The van der Waals surface area contributed by atoms with Crippen molar-refractivity contribution in [3.8, 4) is 0 Å². The van der Waals surface area contributed by atoms with Gasteiger partial charge in [0.05, 0.1) is 5.92 Å². The lowest BCUT2D eigenvalue weighted by atomic mass is 10.1. The van der Waals surface area contributed by atoms with E-state index >= 15 is 0 Å². The number of rotatable bonds is 5. The number of esters is 1. The van der Waals surface area contributed by atoms with Gasteiger partial charge < -0.3 is 15.0 Å². The van der Waals surface area contributed by atoms with Crippen LogP contribution in [0, 0.1) is 19.8 Å². The number of aryl methyl sites for hydroxylation is 1. The van der Waals surface area contributed by atoms with Crippen molar-refractivity contribution in [3.63, 3.8) is 0 Å². The molecule has 2 aromatic carbocycles. The Hall–Kier alpha value is -2.86. The number of carbonyl (C=O) groups is 3. The molecule has 0 aromatic heterocycles. The molecule has 1 fully saturated rings. The second kappa shape index (κ2) is 8.44. The first-order chi connectivity index (χ1) is 13.3. The molecule has 0 spiro atoms. The Bertz CT molecular complexity index is 928. The summed E-state index contributed by atoms with van der Waals surface area (Å²) in [5, 5.41) is 3.10. The summed E-state index contributed by atoms with van der Waals surface area (Å²) >= 11 is 5.87. The first-order valence-electron chi connectivity index (χ1n) is 8.94. The number of ether oxygens (including phenoxy) is 1. The number of carbonyl (C=O) groups excluding carboxylic acids is 3. The Labute approximate surface area is 168 Å². The van der Waals surface area contributed by atoms with Crippen LogP contribution in [0.25, 0.3) is 0 Å². The Kier molecular flexibility index (Phi) is 5.99. The van der Waals surface area contributed by atoms with Crippen LogP contribution in [-0.2, 0) is 19.1 Å². The number of benzene rings is 2. The lowest BCUT2D eigenvalue weighted by Gasteiger charge is -2.20. The molecule has 0 bridgehead atoms. The SMILES string of the molecule is Cc1cccc(N2C[C@@H](C(=O)OCC(=O)Nc3cccc(Cl)c3)CC2=O)c1C. The molecule has 146 valence electrons. The highest BCUT2D eigenvalue weighted by Gasteiger charge is 2.37. The molecule has 1 aliphatic heterocycles. The van der Waals surface area contributed by atoms with Crippen LogP contribution in [0.3, 0.4) is 0 Å². The summed E-state index contributed by atoms with van der Waals surface area (Å²) in [4.78, 5) is 38.3. The second-order valence-corrected chi connectivity index (χ2v) is 7.23. The van der Waals surface area contributed by atoms with Crippen LogP contribution in [-0.4, -0.2) is 30.9 Å². The highest BCUT2D eigenvalue weighted by Crippen LogP contribution is 2.29. The van der Waals surface area contributed by atoms with Gasteiger partial charge in [0.2, 0.25) is 5.91 Å². The fourth-order valence-electron chi connectivity index (χ4n) is 3.14. The monoisotopic (exact) mass is 400 g/mol. The molecule has 7 heteroatoms. The molecule has 6 nitrogen and oxygen atoms in total. The number of hydrogen-bond donors (Lipinski definition) is 1. The fourth-order valence-corrected chi connectivity index (χ4v) is 3.33. The zero-order chi connectivity index (χ0) is 20.3. The zero-order valence-corrected chi connectivity index (χ0v) is 16.5. The van der Waals surface area contributed by atoms with E-state index < -0.39 is 24.4 Å². The first kappa shape index (κ1) is 19.9. The maximum absolute atomic E-state index is 12.4. The number of nitrogens with zero attached hydrogens (tertiary/aromatic N) is 1. The van der Waals surface area contributed by atoms with E-state index in [4.69, 9.17) is 16.3 Å². The predicted octanol–water partition coefficient (Wildman–Crippen LogP) is 3.49. The third kappa shape index (κ3) is 4.51. The maximum Gasteiger partial charge on any atom is 0.311 e. The van der Waals surface area contributed by atoms with Crippen LogP contribution in [0.1, 0.15) is 17.5 Å². The zero-order valence-electron chi connectivity index (χ0n) is 15.7. The van der Waals surface area contributed by atoms with E-state index in [2.05, 4.69) is 5.32 Å². The van der Waals surface area contributed by atoms with Gasteiger partial charge in [-0.3, -0.25) is 14.4 Å². The molecule has 1 saturated heterocycles. The lowest BCUT2D eigenvalue weighted by molar-refractivity contribution is -0.151. The number of anilines is 2. The van der Waals surface area contributed by atoms with Gasteiger partial charge in [-0.15, -0.1) is 0 Å². The molecule has 1 atom stereocenters. The van der Waals surface area contributed by atoms with E-state index in [-0.39, 0.29) is 18.9 Å². The van der Waals surface area contributed by atoms with E-state index in [1.807, 2.05) is 32.0 Å². The van der Waals surface area contributed by atoms with Gasteiger partial charge in [-0.1, -0.05) is 29.8 Å². The Morgan fingerprint density at radius 1 is 1.21 bits per heavy atom. The van der Waals surface area contributed by atoms with Crippen molar-refractivity contribution in [2.75, 3.05) is 23.4 Å². The van der Waals surface area contributed by atoms with Crippen molar-refractivity contribution >= 4 is 40.8 Å². The minimum absolute atomic E-state index is 0.0716. The first-order valence-corrected chi connectivity index (χ1v) is 9.31. The standard InChI is InChI=1S/C21H21ClN2O4/c1-13-5-3-8-18(14(13)2)24-11-15(9-20(24)26)21(27)28-12-19(25)23-17-7-4-6-16(22)10-17/h3-8,10,15H,9,11-12H2,1-2H3,(H,23,25)/t15-/m0/s1. The number of halogens is 1. The van der Waals surface area contributed by atoms with E-state index in [0.29, 0.717) is 10.7 Å². The van der Waals surface area contributed by atoms with Crippen molar-refractivity contribution in [1.82, 2.24) is 0 Å².